The maximum absolute atomic E-state index is 13.0. The molecule has 0 bridgehead atoms. The second-order valence-electron chi connectivity index (χ2n) is 4.52. The second kappa shape index (κ2) is 5.34. The minimum atomic E-state index is -0.759. The van der Waals surface area contributed by atoms with Gasteiger partial charge in [0, 0.05) is 25.2 Å². The van der Waals surface area contributed by atoms with Gasteiger partial charge in [-0.2, -0.15) is 0 Å². The van der Waals surface area contributed by atoms with Gasteiger partial charge in [0.25, 0.3) is 0 Å². The molecule has 1 heterocycles. The Kier molecular flexibility index (Phi) is 3.78. The van der Waals surface area contributed by atoms with Crippen LogP contribution in [0.15, 0.2) is 18.2 Å². The summed E-state index contributed by atoms with van der Waals surface area (Å²) in [6, 6.07) is 2.23. The van der Waals surface area contributed by atoms with Crippen molar-refractivity contribution in [3.05, 3.63) is 29.8 Å². The van der Waals surface area contributed by atoms with Crippen LogP contribution >= 0.6 is 0 Å². The molecule has 1 aliphatic heterocycles. The highest BCUT2D eigenvalue weighted by Gasteiger charge is 2.32. The highest BCUT2D eigenvalue weighted by atomic mass is 19.1. The number of anilines is 1. The van der Waals surface area contributed by atoms with Crippen LogP contribution in [0.3, 0.4) is 0 Å². The van der Waals surface area contributed by atoms with Gasteiger partial charge in [-0.25, -0.2) is 8.78 Å². The first-order chi connectivity index (χ1) is 8.97. The highest BCUT2D eigenvalue weighted by molar-refractivity contribution is 5.97. The Hall–Kier alpha value is -1.98. The third kappa shape index (κ3) is 3.07. The zero-order valence-corrected chi connectivity index (χ0v) is 10.5. The van der Waals surface area contributed by atoms with Gasteiger partial charge in [0.2, 0.25) is 11.8 Å². The monoisotopic (exact) mass is 268 g/mol. The average Bonchev–Trinajstić information content (AvgIpc) is 2.75. The molecule has 1 aliphatic rings. The Morgan fingerprint density at radius 3 is 2.47 bits per heavy atom. The molecule has 0 aromatic heterocycles. The van der Waals surface area contributed by atoms with E-state index in [0.717, 1.165) is 24.6 Å². The van der Waals surface area contributed by atoms with Crippen LogP contribution in [0.1, 0.15) is 19.8 Å². The van der Waals surface area contributed by atoms with Crippen molar-refractivity contribution in [2.75, 3.05) is 11.9 Å². The van der Waals surface area contributed by atoms with Gasteiger partial charge in [0.1, 0.15) is 17.7 Å². The van der Waals surface area contributed by atoms with Crippen LogP contribution in [0, 0.1) is 11.6 Å². The minimum Gasteiger partial charge on any atom is -0.331 e. The molecule has 6 heteroatoms. The maximum Gasteiger partial charge on any atom is 0.247 e. The SMILES string of the molecule is CC(=O)N1CCC[C@@H]1C(=O)Nc1cc(F)cc(F)c1. The van der Waals surface area contributed by atoms with Crippen molar-refractivity contribution in [1.29, 1.82) is 0 Å². The van der Waals surface area contributed by atoms with Crippen molar-refractivity contribution in [2.45, 2.75) is 25.8 Å². The number of rotatable bonds is 2. The predicted octanol–water partition coefficient (Wildman–Crippen LogP) is 1.91. The molecule has 0 spiro atoms. The molecule has 0 aliphatic carbocycles. The van der Waals surface area contributed by atoms with Crippen LogP contribution in [-0.4, -0.2) is 29.3 Å². The number of nitrogens with zero attached hydrogens (tertiary/aromatic N) is 1. The molecule has 1 aromatic rings. The van der Waals surface area contributed by atoms with Crippen molar-refractivity contribution in [2.24, 2.45) is 0 Å². The minimum absolute atomic E-state index is 0.0536. The molecule has 102 valence electrons. The summed E-state index contributed by atoms with van der Waals surface area (Å²) >= 11 is 0. The van der Waals surface area contributed by atoms with Crippen LogP contribution in [0.2, 0.25) is 0 Å². The summed E-state index contributed by atoms with van der Waals surface area (Å²) in [5.41, 5.74) is 0.0536. The first kappa shape index (κ1) is 13.5. The van der Waals surface area contributed by atoms with Crippen LogP contribution in [-0.2, 0) is 9.59 Å². The van der Waals surface area contributed by atoms with Crippen molar-refractivity contribution in [3.63, 3.8) is 0 Å². The lowest BCUT2D eigenvalue weighted by Gasteiger charge is -2.22. The molecular weight excluding hydrogens is 254 g/mol. The Morgan fingerprint density at radius 2 is 1.89 bits per heavy atom. The first-order valence-corrected chi connectivity index (χ1v) is 6.01. The molecule has 19 heavy (non-hydrogen) atoms. The summed E-state index contributed by atoms with van der Waals surface area (Å²) in [7, 11) is 0. The number of carbonyl (C=O) groups is 2. The van der Waals surface area contributed by atoms with E-state index in [-0.39, 0.29) is 11.6 Å². The molecule has 0 radical (unpaired) electrons. The fraction of sp³-hybridized carbons (Fsp3) is 0.385. The molecule has 1 saturated heterocycles. The van der Waals surface area contributed by atoms with Gasteiger partial charge in [-0.05, 0) is 25.0 Å². The lowest BCUT2D eigenvalue weighted by atomic mass is 10.2. The number of hydrogen-bond acceptors (Lipinski definition) is 2. The van der Waals surface area contributed by atoms with E-state index in [9.17, 15) is 18.4 Å². The van der Waals surface area contributed by atoms with Crippen LogP contribution in [0.25, 0.3) is 0 Å². The summed E-state index contributed by atoms with van der Waals surface area (Å²) in [4.78, 5) is 24.8. The van der Waals surface area contributed by atoms with E-state index in [4.69, 9.17) is 0 Å². The molecule has 2 rings (SSSR count). The van der Waals surface area contributed by atoms with Crippen molar-refractivity contribution in [1.82, 2.24) is 4.90 Å². The van der Waals surface area contributed by atoms with E-state index in [1.165, 1.54) is 11.8 Å². The van der Waals surface area contributed by atoms with Crippen LogP contribution < -0.4 is 5.32 Å². The van der Waals surface area contributed by atoms with Crippen molar-refractivity contribution >= 4 is 17.5 Å². The van der Waals surface area contributed by atoms with E-state index in [1.807, 2.05) is 0 Å². The Balaban J connectivity index is 2.10. The summed E-state index contributed by atoms with van der Waals surface area (Å²) in [5, 5.41) is 2.44. The van der Waals surface area contributed by atoms with Crippen molar-refractivity contribution in [3.8, 4) is 0 Å². The Labute approximate surface area is 109 Å². The number of benzene rings is 1. The molecule has 1 N–H and O–H groups in total. The van der Waals surface area contributed by atoms with Gasteiger partial charge in [-0.3, -0.25) is 9.59 Å². The third-order valence-electron chi connectivity index (χ3n) is 3.09. The Bertz CT molecular complexity index is 499. The molecule has 0 saturated carbocycles. The molecule has 0 unspecified atom stereocenters. The van der Waals surface area contributed by atoms with E-state index in [0.29, 0.717) is 13.0 Å². The number of likely N-dealkylation sites (tertiary alicyclic amines) is 1. The van der Waals surface area contributed by atoms with Gasteiger partial charge in [-0.1, -0.05) is 0 Å². The van der Waals surface area contributed by atoms with Gasteiger partial charge < -0.3 is 10.2 Å². The second-order valence-corrected chi connectivity index (χ2v) is 4.52. The normalized spacial score (nSPS) is 18.5. The molecule has 1 atom stereocenters. The summed E-state index contributed by atoms with van der Waals surface area (Å²) in [6.45, 7) is 1.93. The van der Waals surface area contributed by atoms with Gasteiger partial charge in [0.15, 0.2) is 0 Å². The fourth-order valence-corrected chi connectivity index (χ4v) is 2.27. The standard InChI is InChI=1S/C13H14F2N2O2/c1-8(18)17-4-2-3-12(17)13(19)16-11-6-9(14)5-10(15)7-11/h5-7,12H,2-4H2,1H3,(H,16,19)/t12-/m1/s1. The van der Waals surface area contributed by atoms with Gasteiger partial charge in [-0.15, -0.1) is 0 Å². The number of carbonyl (C=O) groups excluding carboxylic acids is 2. The van der Waals surface area contributed by atoms with E-state index in [2.05, 4.69) is 5.32 Å². The molecule has 1 aromatic carbocycles. The van der Waals surface area contributed by atoms with Gasteiger partial charge >= 0.3 is 0 Å². The molecule has 4 nitrogen and oxygen atoms in total. The fourth-order valence-electron chi connectivity index (χ4n) is 2.27. The summed E-state index contributed by atoms with van der Waals surface area (Å²) in [5.74, 6) is -2.11. The van der Waals surface area contributed by atoms with Crippen LogP contribution in [0.5, 0.6) is 0 Å². The number of amides is 2. The maximum atomic E-state index is 13.0. The zero-order chi connectivity index (χ0) is 14.0. The molecule has 1 fully saturated rings. The van der Waals surface area contributed by atoms with Crippen molar-refractivity contribution < 1.29 is 18.4 Å². The summed E-state index contributed by atoms with van der Waals surface area (Å²) in [6.07, 6.45) is 1.30. The predicted molar refractivity (Wildman–Crippen MR) is 65.4 cm³/mol. The number of halogens is 2. The molecular formula is C13H14F2N2O2. The largest absolute Gasteiger partial charge is 0.331 e. The zero-order valence-electron chi connectivity index (χ0n) is 10.5. The highest BCUT2D eigenvalue weighted by Crippen LogP contribution is 2.20. The number of nitrogens with one attached hydrogen (secondary N) is 1. The van der Waals surface area contributed by atoms with E-state index in [1.54, 1.807) is 0 Å². The third-order valence-corrected chi connectivity index (χ3v) is 3.09. The van der Waals surface area contributed by atoms with Gasteiger partial charge in [0.05, 0.1) is 0 Å². The van der Waals surface area contributed by atoms with Crippen LogP contribution in [0.4, 0.5) is 14.5 Å². The lowest BCUT2D eigenvalue weighted by molar-refractivity contribution is -0.134. The van der Waals surface area contributed by atoms with E-state index < -0.39 is 23.6 Å². The summed E-state index contributed by atoms with van der Waals surface area (Å²) < 4.78 is 26.0. The lowest BCUT2D eigenvalue weighted by Crippen LogP contribution is -2.42. The first-order valence-electron chi connectivity index (χ1n) is 6.01. The number of hydrogen-bond donors (Lipinski definition) is 1. The van der Waals surface area contributed by atoms with E-state index >= 15 is 0 Å². The quantitative estimate of drug-likeness (QED) is 0.890. The molecule has 2 amide bonds. The Morgan fingerprint density at radius 1 is 1.26 bits per heavy atom. The average molecular weight is 268 g/mol. The smallest absolute Gasteiger partial charge is 0.247 e. The topological polar surface area (TPSA) is 49.4 Å².